The van der Waals surface area contributed by atoms with Gasteiger partial charge in [0.25, 0.3) is 0 Å². The number of sulfone groups is 1. The van der Waals surface area contributed by atoms with Gasteiger partial charge in [0.2, 0.25) is 0 Å². The summed E-state index contributed by atoms with van der Waals surface area (Å²) in [6, 6.07) is 5.57. The lowest BCUT2D eigenvalue weighted by Gasteiger charge is -2.18. The minimum atomic E-state index is -3.02. The Bertz CT molecular complexity index is 543. The van der Waals surface area contributed by atoms with Crippen LogP contribution in [0.2, 0.25) is 0 Å². The first kappa shape index (κ1) is 17.8. The molecule has 0 amide bonds. The minimum absolute atomic E-state index is 0.0990. The highest BCUT2D eigenvalue weighted by molar-refractivity contribution is 7.90. The predicted octanol–water partition coefficient (Wildman–Crippen LogP) is 1.66. The van der Waals surface area contributed by atoms with Gasteiger partial charge < -0.3 is 14.8 Å². The van der Waals surface area contributed by atoms with Gasteiger partial charge in [0.1, 0.15) is 9.84 Å². The number of hydrogen-bond acceptors (Lipinski definition) is 5. The number of methoxy groups -OCH3 is 2. The Morgan fingerprint density at radius 1 is 1.19 bits per heavy atom. The summed E-state index contributed by atoms with van der Waals surface area (Å²) < 4.78 is 33.5. The molecule has 1 unspecified atom stereocenters. The molecule has 0 saturated heterocycles. The van der Waals surface area contributed by atoms with Crippen LogP contribution in [0.3, 0.4) is 0 Å². The summed E-state index contributed by atoms with van der Waals surface area (Å²) in [4.78, 5) is 0. The van der Waals surface area contributed by atoms with Gasteiger partial charge in [-0.25, -0.2) is 8.42 Å². The molecule has 21 heavy (non-hydrogen) atoms. The zero-order chi connectivity index (χ0) is 15.9. The summed E-state index contributed by atoms with van der Waals surface area (Å²) >= 11 is 0. The maximum Gasteiger partial charge on any atom is 0.160 e. The Balaban J connectivity index is 2.86. The van der Waals surface area contributed by atoms with Crippen LogP contribution < -0.4 is 14.8 Å². The van der Waals surface area contributed by atoms with Crippen molar-refractivity contribution in [2.24, 2.45) is 0 Å². The molecule has 0 bridgehead atoms. The van der Waals surface area contributed by atoms with Crippen molar-refractivity contribution < 1.29 is 17.9 Å². The van der Waals surface area contributed by atoms with E-state index in [0.29, 0.717) is 17.9 Å². The molecule has 0 aliphatic carbocycles. The van der Waals surface area contributed by atoms with E-state index in [0.717, 1.165) is 18.5 Å². The zero-order valence-electron chi connectivity index (χ0n) is 13.2. The molecule has 1 rings (SSSR count). The lowest BCUT2D eigenvalue weighted by atomic mass is 10.1. The molecule has 120 valence electrons. The van der Waals surface area contributed by atoms with Gasteiger partial charge in [-0.2, -0.15) is 0 Å². The molecule has 0 aliphatic heterocycles. The second-order valence-corrected chi connectivity index (χ2v) is 7.32. The molecular formula is C15H25NO4S. The molecule has 1 aromatic carbocycles. The number of benzene rings is 1. The summed E-state index contributed by atoms with van der Waals surface area (Å²) in [6.07, 6.45) is 2.86. The van der Waals surface area contributed by atoms with Gasteiger partial charge >= 0.3 is 0 Å². The molecular weight excluding hydrogens is 290 g/mol. The largest absolute Gasteiger partial charge is 0.493 e. The SMILES string of the molecule is CCCNC(Cc1ccc(OC)c(OC)c1)CS(C)(=O)=O. The van der Waals surface area contributed by atoms with Gasteiger partial charge in [0, 0.05) is 12.3 Å². The molecule has 5 nitrogen and oxygen atoms in total. The molecule has 1 N–H and O–H groups in total. The van der Waals surface area contributed by atoms with E-state index < -0.39 is 9.84 Å². The zero-order valence-corrected chi connectivity index (χ0v) is 14.0. The van der Waals surface area contributed by atoms with Crippen molar-refractivity contribution in [3.63, 3.8) is 0 Å². The Hall–Kier alpha value is -1.27. The highest BCUT2D eigenvalue weighted by Gasteiger charge is 2.16. The third-order valence-electron chi connectivity index (χ3n) is 3.12. The number of hydrogen-bond donors (Lipinski definition) is 1. The van der Waals surface area contributed by atoms with Crippen LogP contribution in [-0.2, 0) is 16.3 Å². The molecule has 1 atom stereocenters. The van der Waals surface area contributed by atoms with Gasteiger partial charge in [0.05, 0.1) is 20.0 Å². The van der Waals surface area contributed by atoms with Gasteiger partial charge in [-0.15, -0.1) is 0 Å². The third-order valence-corrected chi connectivity index (χ3v) is 4.12. The van der Waals surface area contributed by atoms with Crippen molar-refractivity contribution in [1.29, 1.82) is 0 Å². The van der Waals surface area contributed by atoms with Crippen LogP contribution >= 0.6 is 0 Å². The van der Waals surface area contributed by atoms with Crippen LogP contribution in [0.25, 0.3) is 0 Å². The molecule has 0 saturated carbocycles. The third kappa shape index (κ3) is 6.35. The first-order valence-electron chi connectivity index (χ1n) is 7.01. The molecule has 6 heteroatoms. The van der Waals surface area contributed by atoms with Crippen LogP contribution in [-0.4, -0.2) is 47.2 Å². The standard InChI is InChI=1S/C15H25NO4S/c1-5-8-16-13(11-21(4,17)18)9-12-6-7-14(19-2)15(10-12)20-3/h6-7,10,13,16H,5,8-9,11H2,1-4H3. The van der Waals surface area contributed by atoms with Gasteiger partial charge in [-0.1, -0.05) is 13.0 Å². The average Bonchev–Trinajstić information content (AvgIpc) is 2.43. The first-order chi connectivity index (χ1) is 9.89. The van der Waals surface area contributed by atoms with Crippen LogP contribution in [0.4, 0.5) is 0 Å². The van der Waals surface area contributed by atoms with E-state index in [1.54, 1.807) is 14.2 Å². The number of nitrogens with one attached hydrogen (secondary N) is 1. The molecule has 0 spiro atoms. The summed E-state index contributed by atoms with van der Waals surface area (Å²) in [6.45, 7) is 2.86. The van der Waals surface area contributed by atoms with E-state index in [4.69, 9.17) is 9.47 Å². The van der Waals surface area contributed by atoms with E-state index in [2.05, 4.69) is 12.2 Å². The quantitative estimate of drug-likeness (QED) is 0.751. The van der Waals surface area contributed by atoms with Gasteiger partial charge in [-0.3, -0.25) is 0 Å². The Morgan fingerprint density at radius 3 is 2.38 bits per heavy atom. The molecule has 1 aromatic rings. The van der Waals surface area contributed by atoms with Crippen LogP contribution in [0.1, 0.15) is 18.9 Å². The maximum atomic E-state index is 11.5. The molecule has 0 aromatic heterocycles. The summed E-state index contributed by atoms with van der Waals surface area (Å²) in [7, 11) is 0.158. The Labute approximate surface area is 127 Å². The summed E-state index contributed by atoms with van der Waals surface area (Å²) in [5, 5.41) is 3.29. The fourth-order valence-corrected chi connectivity index (χ4v) is 3.16. The van der Waals surface area contributed by atoms with Crippen molar-refractivity contribution >= 4 is 9.84 Å². The monoisotopic (exact) mass is 315 g/mol. The van der Waals surface area contributed by atoms with E-state index >= 15 is 0 Å². The van der Waals surface area contributed by atoms with Crippen LogP contribution in [0.5, 0.6) is 11.5 Å². The van der Waals surface area contributed by atoms with Crippen molar-refractivity contribution in [1.82, 2.24) is 5.32 Å². The number of rotatable bonds is 9. The lowest BCUT2D eigenvalue weighted by molar-refractivity contribution is 0.354. The molecule has 0 aliphatic rings. The topological polar surface area (TPSA) is 64.6 Å². The second-order valence-electron chi connectivity index (χ2n) is 5.14. The van der Waals surface area contributed by atoms with E-state index in [1.807, 2.05) is 18.2 Å². The second kappa shape index (κ2) is 8.24. The minimum Gasteiger partial charge on any atom is -0.493 e. The Kier molecular flexibility index (Phi) is 6.98. The molecule has 0 fully saturated rings. The van der Waals surface area contributed by atoms with Crippen molar-refractivity contribution in [3.8, 4) is 11.5 Å². The van der Waals surface area contributed by atoms with E-state index in [-0.39, 0.29) is 11.8 Å². The van der Waals surface area contributed by atoms with Gasteiger partial charge in [-0.05, 0) is 37.1 Å². The van der Waals surface area contributed by atoms with Crippen molar-refractivity contribution in [2.75, 3.05) is 32.8 Å². The van der Waals surface area contributed by atoms with Crippen molar-refractivity contribution in [3.05, 3.63) is 23.8 Å². The summed E-state index contributed by atoms with van der Waals surface area (Å²) in [5.41, 5.74) is 1.02. The number of ether oxygens (including phenoxy) is 2. The lowest BCUT2D eigenvalue weighted by Crippen LogP contribution is -2.37. The fourth-order valence-electron chi connectivity index (χ4n) is 2.20. The van der Waals surface area contributed by atoms with Crippen molar-refractivity contribution in [2.45, 2.75) is 25.8 Å². The maximum absolute atomic E-state index is 11.5. The molecule has 0 radical (unpaired) electrons. The Morgan fingerprint density at radius 2 is 1.86 bits per heavy atom. The summed E-state index contributed by atoms with van der Waals surface area (Å²) in [5.74, 6) is 1.45. The fraction of sp³-hybridized carbons (Fsp3) is 0.600. The molecule has 0 heterocycles. The first-order valence-corrected chi connectivity index (χ1v) is 9.07. The van der Waals surface area contributed by atoms with E-state index in [1.165, 1.54) is 6.26 Å². The predicted molar refractivity (Wildman–Crippen MR) is 85.0 cm³/mol. The normalized spacial score (nSPS) is 13.0. The highest BCUT2D eigenvalue weighted by atomic mass is 32.2. The van der Waals surface area contributed by atoms with E-state index in [9.17, 15) is 8.42 Å². The average molecular weight is 315 g/mol. The van der Waals surface area contributed by atoms with Crippen LogP contribution in [0.15, 0.2) is 18.2 Å². The highest BCUT2D eigenvalue weighted by Crippen LogP contribution is 2.28. The van der Waals surface area contributed by atoms with Crippen LogP contribution in [0, 0.1) is 0 Å². The van der Waals surface area contributed by atoms with Gasteiger partial charge in [0.15, 0.2) is 11.5 Å². The smallest absolute Gasteiger partial charge is 0.160 e.